The molecule has 2 aromatic carbocycles. The van der Waals surface area contributed by atoms with E-state index >= 15 is 0 Å². The Hall–Kier alpha value is -2.82. The third-order valence-corrected chi connectivity index (χ3v) is 4.66. The average molecular weight is 335 g/mol. The summed E-state index contributed by atoms with van der Waals surface area (Å²) in [7, 11) is 0. The van der Waals surface area contributed by atoms with Crippen LogP contribution in [0.5, 0.6) is 5.75 Å². The summed E-state index contributed by atoms with van der Waals surface area (Å²) in [6.45, 7) is 0.490. The molecule has 0 aliphatic heterocycles. The highest BCUT2D eigenvalue weighted by Gasteiger charge is 2.16. The van der Waals surface area contributed by atoms with Crippen LogP contribution in [-0.4, -0.2) is 22.0 Å². The zero-order chi connectivity index (χ0) is 17.1. The van der Waals surface area contributed by atoms with E-state index in [9.17, 15) is 4.79 Å². The number of fused-ring (bicyclic) bond motifs is 1. The molecular weight excluding hydrogens is 314 g/mol. The number of benzene rings is 2. The smallest absolute Gasteiger partial charge is 0.251 e. The Labute approximate surface area is 146 Å². The van der Waals surface area contributed by atoms with E-state index in [2.05, 4.69) is 15.3 Å². The molecule has 0 atom stereocenters. The van der Waals surface area contributed by atoms with Crippen LogP contribution in [0.3, 0.4) is 0 Å². The first kappa shape index (κ1) is 15.7. The summed E-state index contributed by atoms with van der Waals surface area (Å²) in [6.07, 6.45) is 6.82. The molecule has 1 aliphatic carbocycles. The number of amides is 1. The van der Waals surface area contributed by atoms with Crippen LogP contribution in [0.15, 0.2) is 48.8 Å². The van der Waals surface area contributed by atoms with Gasteiger partial charge < -0.3 is 15.0 Å². The van der Waals surface area contributed by atoms with Crippen molar-refractivity contribution in [2.24, 2.45) is 0 Å². The lowest BCUT2D eigenvalue weighted by Gasteiger charge is -2.13. The summed E-state index contributed by atoms with van der Waals surface area (Å²) in [5.74, 6) is 0.814. The van der Waals surface area contributed by atoms with Gasteiger partial charge in [-0.15, -0.1) is 0 Å². The average Bonchev–Trinajstić information content (AvgIpc) is 3.31. The van der Waals surface area contributed by atoms with E-state index in [-0.39, 0.29) is 5.91 Å². The van der Waals surface area contributed by atoms with Crippen LogP contribution in [0.2, 0.25) is 0 Å². The van der Waals surface area contributed by atoms with E-state index in [1.165, 1.54) is 12.8 Å². The zero-order valence-corrected chi connectivity index (χ0v) is 14.0. The standard InChI is InChI=1S/C20H21N3O2/c24-20(15-7-10-18-19(11-15)23-13-22-18)21-12-14-5-8-17(9-6-14)25-16-3-1-2-4-16/h5-11,13,16H,1-4,12H2,(H,21,24)(H,22,23). The third kappa shape index (κ3) is 3.65. The molecule has 128 valence electrons. The number of aromatic amines is 1. The molecule has 0 spiro atoms. The molecule has 4 rings (SSSR count). The number of carbonyl (C=O) groups excluding carboxylic acids is 1. The lowest BCUT2D eigenvalue weighted by molar-refractivity contribution is 0.0951. The molecule has 5 heteroatoms. The highest BCUT2D eigenvalue weighted by atomic mass is 16.5. The molecule has 5 nitrogen and oxygen atoms in total. The highest BCUT2D eigenvalue weighted by molar-refractivity contribution is 5.97. The fourth-order valence-electron chi connectivity index (χ4n) is 3.25. The Kier molecular flexibility index (Phi) is 4.37. The number of rotatable bonds is 5. The second kappa shape index (κ2) is 6.97. The number of nitrogens with zero attached hydrogens (tertiary/aromatic N) is 1. The number of imidazole rings is 1. The zero-order valence-electron chi connectivity index (χ0n) is 14.0. The molecule has 2 N–H and O–H groups in total. The normalized spacial score (nSPS) is 14.7. The number of carbonyl (C=O) groups is 1. The summed E-state index contributed by atoms with van der Waals surface area (Å²) in [6, 6.07) is 13.4. The van der Waals surface area contributed by atoms with Gasteiger partial charge in [0.05, 0.1) is 23.5 Å². The van der Waals surface area contributed by atoms with Gasteiger partial charge in [-0.3, -0.25) is 4.79 Å². The fraction of sp³-hybridized carbons (Fsp3) is 0.300. The van der Waals surface area contributed by atoms with Crippen LogP contribution in [-0.2, 0) is 6.54 Å². The van der Waals surface area contributed by atoms with Gasteiger partial charge >= 0.3 is 0 Å². The molecule has 25 heavy (non-hydrogen) atoms. The first-order valence-corrected chi connectivity index (χ1v) is 8.75. The molecule has 1 fully saturated rings. The maximum absolute atomic E-state index is 12.3. The Bertz CT molecular complexity index is 864. The number of H-pyrrole nitrogens is 1. The predicted octanol–water partition coefficient (Wildman–Crippen LogP) is 3.81. The molecule has 1 aliphatic rings. The van der Waals surface area contributed by atoms with Crippen LogP contribution in [0.4, 0.5) is 0 Å². The highest BCUT2D eigenvalue weighted by Crippen LogP contribution is 2.24. The summed E-state index contributed by atoms with van der Waals surface area (Å²) in [5.41, 5.74) is 3.39. The van der Waals surface area contributed by atoms with Crippen molar-refractivity contribution >= 4 is 16.9 Å². The van der Waals surface area contributed by atoms with Gasteiger partial charge in [0.25, 0.3) is 5.91 Å². The number of ether oxygens (including phenoxy) is 1. The lowest BCUT2D eigenvalue weighted by atomic mass is 10.1. The number of hydrogen-bond donors (Lipinski definition) is 2. The van der Waals surface area contributed by atoms with Gasteiger partial charge in [-0.2, -0.15) is 0 Å². The summed E-state index contributed by atoms with van der Waals surface area (Å²) < 4.78 is 5.96. The minimum absolute atomic E-state index is 0.0946. The maximum atomic E-state index is 12.3. The van der Waals surface area contributed by atoms with Crippen molar-refractivity contribution in [3.05, 3.63) is 59.9 Å². The molecular formula is C20H21N3O2. The first-order valence-electron chi connectivity index (χ1n) is 8.75. The largest absolute Gasteiger partial charge is 0.490 e. The topological polar surface area (TPSA) is 67.0 Å². The molecule has 0 unspecified atom stereocenters. The molecule has 1 saturated carbocycles. The second-order valence-electron chi connectivity index (χ2n) is 6.49. The first-order chi connectivity index (χ1) is 12.3. The second-order valence-corrected chi connectivity index (χ2v) is 6.49. The van der Waals surface area contributed by atoms with Crippen LogP contribution in [0, 0.1) is 0 Å². The third-order valence-electron chi connectivity index (χ3n) is 4.66. The minimum atomic E-state index is -0.0946. The number of hydrogen-bond acceptors (Lipinski definition) is 3. The van der Waals surface area contributed by atoms with E-state index < -0.39 is 0 Å². The van der Waals surface area contributed by atoms with Crippen LogP contribution >= 0.6 is 0 Å². The van der Waals surface area contributed by atoms with Crippen LogP contribution in [0.25, 0.3) is 11.0 Å². The summed E-state index contributed by atoms with van der Waals surface area (Å²) in [5, 5.41) is 2.95. The van der Waals surface area contributed by atoms with Crippen molar-refractivity contribution in [2.45, 2.75) is 38.3 Å². The summed E-state index contributed by atoms with van der Waals surface area (Å²) >= 11 is 0. The van der Waals surface area contributed by atoms with Gasteiger partial charge in [0.15, 0.2) is 0 Å². The van der Waals surface area contributed by atoms with Crippen molar-refractivity contribution in [3.63, 3.8) is 0 Å². The molecule has 1 heterocycles. The van der Waals surface area contributed by atoms with Crippen molar-refractivity contribution < 1.29 is 9.53 Å². The number of aromatic nitrogens is 2. The van der Waals surface area contributed by atoms with E-state index in [1.807, 2.05) is 36.4 Å². The SMILES string of the molecule is O=C(NCc1ccc(OC2CCCC2)cc1)c1ccc2nc[nH]c2c1. The molecule has 0 radical (unpaired) electrons. The molecule has 1 amide bonds. The van der Waals surface area contributed by atoms with E-state index in [0.29, 0.717) is 18.2 Å². The van der Waals surface area contributed by atoms with Crippen molar-refractivity contribution in [1.82, 2.24) is 15.3 Å². The quantitative estimate of drug-likeness (QED) is 0.745. The van der Waals surface area contributed by atoms with E-state index in [0.717, 1.165) is 35.2 Å². The van der Waals surface area contributed by atoms with Gasteiger partial charge in [0.2, 0.25) is 0 Å². The van der Waals surface area contributed by atoms with Gasteiger partial charge in [0.1, 0.15) is 5.75 Å². The minimum Gasteiger partial charge on any atom is -0.490 e. The summed E-state index contributed by atoms with van der Waals surface area (Å²) in [4.78, 5) is 19.5. The Morgan fingerprint density at radius 1 is 1.16 bits per heavy atom. The van der Waals surface area contributed by atoms with E-state index in [1.54, 1.807) is 12.4 Å². The predicted molar refractivity (Wildman–Crippen MR) is 96.6 cm³/mol. The maximum Gasteiger partial charge on any atom is 0.251 e. The number of nitrogens with one attached hydrogen (secondary N) is 2. The van der Waals surface area contributed by atoms with Gasteiger partial charge in [-0.1, -0.05) is 12.1 Å². The van der Waals surface area contributed by atoms with Crippen molar-refractivity contribution in [2.75, 3.05) is 0 Å². The van der Waals surface area contributed by atoms with E-state index in [4.69, 9.17) is 4.74 Å². The molecule has 1 aromatic heterocycles. The molecule has 3 aromatic rings. The van der Waals surface area contributed by atoms with Crippen molar-refractivity contribution in [3.8, 4) is 5.75 Å². The monoisotopic (exact) mass is 335 g/mol. The Morgan fingerprint density at radius 3 is 2.76 bits per heavy atom. The molecule has 0 saturated heterocycles. The Balaban J connectivity index is 1.34. The van der Waals surface area contributed by atoms with Gasteiger partial charge in [-0.25, -0.2) is 4.98 Å². The van der Waals surface area contributed by atoms with Crippen molar-refractivity contribution in [1.29, 1.82) is 0 Å². The fourth-order valence-corrected chi connectivity index (χ4v) is 3.25. The molecule has 0 bridgehead atoms. The van der Waals surface area contributed by atoms with Gasteiger partial charge in [0, 0.05) is 12.1 Å². The Morgan fingerprint density at radius 2 is 1.96 bits per heavy atom. The van der Waals surface area contributed by atoms with Gasteiger partial charge in [-0.05, 0) is 61.6 Å². The van der Waals surface area contributed by atoms with Crippen LogP contribution in [0.1, 0.15) is 41.6 Å². The van der Waals surface area contributed by atoms with Crippen LogP contribution < -0.4 is 10.1 Å². The lowest BCUT2D eigenvalue weighted by Crippen LogP contribution is -2.22.